The Hall–Kier alpha value is -0.850. The first kappa shape index (κ1) is 12.9. The summed E-state index contributed by atoms with van der Waals surface area (Å²) in [6.07, 6.45) is 12.9. The van der Waals surface area contributed by atoms with E-state index in [1.807, 2.05) is 6.20 Å². The third kappa shape index (κ3) is 3.07. The third-order valence-electron chi connectivity index (χ3n) is 4.15. The van der Waals surface area contributed by atoms with Crippen molar-refractivity contribution in [2.45, 2.75) is 45.2 Å². The molecule has 0 amide bonds. The molecular formula is C15H19IN4. The lowest BCUT2D eigenvalue weighted by Gasteiger charge is -1.97. The fourth-order valence-electron chi connectivity index (χ4n) is 2.60. The summed E-state index contributed by atoms with van der Waals surface area (Å²) < 4.78 is 5.37. The van der Waals surface area contributed by atoms with Gasteiger partial charge in [-0.2, -0.15) is 10.2 Å². The van der Waals surface area contributed by atoms with E-state index in [9.17, 15) is 0 Å². The minimum absolute atomic E-state index is 0.875. The molecule has 5 heteroatoms. The van der Waals surface area contributed by atoms with Crippen LogP contribution in [-0.2, 0) is 19.5 Å². The Labute approximate surface area is 132 Å². The number of aromatic nitrogens is 4. The summed E-state index contributed by atoms with van der Waals surface area (Å²) in [5.74, 6) is 1.75. The van der Waals surface area contributed by atoms with Gasteiger partial charge in [0.05, 0.1) is 6.20 Å². The Morgan fingerprint density at radius 2 is 1.75 bits per heavy atom. The maximum atomic E-state index is 4.63. The van der Waals surface area contributed by atoms with Crippen molar-refractivity contribution in [1.29, 1.82) is 0 Å². The smallest absolute Gasteiger partial charge is 0.126 e. The lowest BCUT2D eigenvalue weighted by molar-refractivity contribution is 0.560. The fraction of sp³-hybridized carbons (Fsp3) is 0.600. The predicted octanol–water partition coefficient (Wildman–Crippen LogP) is 3.10. The van der Waals surface area contributed by atoms with Crippen LogP contribution in [0.5, 0.6) is 0 Å². The fourth-order valence-corrected chi connectivity index (χ4v) is 3.21. The van der Waals surface area contributed by atoms with Gasteiger partial charge in [0.1, 0.15) is 3.70 Å². The van der Waals surface area contributed by atoms with Gasteiger partial charge in [-0.05, 0) is 65.7 Å². The Kier molecular flexibility index (Phi) is 3.32. The molecule has 0 N–H and O–H groups in total. The van der Waals surface area contributed by atoms with Gasteiger partial charge in [0.25, 0.3) is 0 Å². The van der Waals surface area contributed by atoms with Gasteiger partial charge in [0, 0.05) is 37.5 Å². The van der Waals surface area contributed by atoms with E-state index in [2.05, 4.69) is 54.5 Å². The number of nitrogens with zero attached hydrogens (tertiary/aromatic N) is 4. The van der Waals surface area contributed by atoms with Gasteiger partial charge < -0.3 is 0 Å². The molecule has 2 fully saturated rings. The second-order valence-corrected chi connectivity index (χ2v) is 7.32. The number of halogens is 1. The molecule has 2 aliphatic rings. The van der Waals surface area contributed by atoms with E-state index in [1.54, 1.807) is 0 Å². The summed E-state index contributed by atoms with van der Waals surface area (Å²) in [5.41, 5.74) is 2.63. The molecule has 0 aromatic carbocycles. The van der Waals surface area contributed by atoms with Gasteiger partial charge in [-0.15, -0.1) is 0 Å². The van der Waals surface area contributed by atoms with E-state index in [-0.39, 0.29) is 0 Å². The molecule has 20 heavy (non-hydrogen) atoms. The topological polar surface area (TPSA) is 35.6 Å². The molecule has 0 radical (unpaired) electrons. The Morgan fingerprint density at radius 1 is 1.05 bits per heavy atom. The zero-order valence-electron chi connectivity index (χ0n) is 11.5. The van der Waals surface area contributed by atoms with Crippen LogP contribution in [0, 0.1) is 15.5 Å². The minimum Gasteiger partial charge on any atom is -0.272 e. The van der Waals surface area contributed by atoms with E-state index in [0.29, 0.717) is 0 Å². The van der Waals surface area contributed by atoms with Crippen molar-refractivity contribution in [1.82, 2.24) is 19.6 Å². The lowest BCUT2D eigenvalue weighted by Crippen LogP contribution is -1.99. The Balaban J connectivity index is 1.43. The molecule has 2 aromatic heterocycles. The van der Waals surface area contributed by atoms with Crippen molar-refractivity contribution < 1.29 is 0 Å². The molecule has 0 spiro atoms. The third-order valence-corrected chi connectivity index (χ3v) is 5.06. The van der Waals surface area contributed by atoms with E-state index < -0.39 is 0 Å². The first-order valence-electron chi connectivity index (χ1n) is 7.49. The molecule has 0 saturated heterocycles. The zero-order valence-corrected chi connectivity index (χ0v) is 13.7. The van der Waals surface area contributed by atoms with Gasteiger partial charge in [0.15, 0.2) is 0 Å². The van der Waals surface area contributed by atoms with Crippen molar-refractivity contribution in [2.75, 3.05) is 0 Å². The molecule has 2 saturated carbocycles. The normalized spacial score (nSPS) is 18.6. The highest BCUT2D eigenvalue weighted by molar-refractivity contribution is 14.1. The average molecular weight is 382 g/mol. The molecule has 106 valence electrons. The van der Waals surface area contributed by atoms with Gasteiger partial charge in [-0.1, -0.05) is 0 Å². The van der Waals surface area contributed by atoms with Crippen molar-refractivity contribution >= 4 is 22.6 Å². The average Bonchev–Trinajstić information content (AvgIpc) is 3.30. The second kappa shape index (κ2) is 5.16. The molecule has 0 aliphatic heterocycles. The summed E-state index contributed by atoms with van der Waals surface area (Å²) >= 11 is 2.35. The van der Waals surface area contributed by atoms with Crippen LogP contribution < -0.4 is 0 Å². The molecule has 2 heterocycles. The SMILES string of the molecule is Ic1nn(CC2CC2)cc1Cc1cnn(CC2CC2)c1. The van der Waals surface area contributed by atoms with Crippen LogP contribution in [-0.4, -0.2) is 19.6 Å². The minimum atomic E-state index is 0.875. The van der Waals surface area contributed by atoms with Crippen molar-refractivity contribution in [2.24, 2.45) is 11.8 Å². The molecule has 2 aliphatic carbocycles. The predicted molar refractivity (Wildman–Crippen MR) is 85.4 cm³/mol. The highest BCUT2D eigenvalue weighted by atomic mass is 127. The standard InChI is InChI=1S/C15H19IN4/c16-15-14(10-20(18-15)8-12-3-4-12)5-13-6-17-19(9-13)7-11-1-2-11/h6,9-12H,1-5,7-8H2. The quantitative estimate of drug-likeness (QED) is 0.720. The molecule has 4 rings (SSSR count). The Morgan fingerprint density at radius 3 is 2.45 bits per heavy atom. The summed E-state index contributed by atoms with van der Waals surface area (Å²) in [7, 11) is 0. The van der Waals surface area contributed by atoms with Crippen LogP contribution in [0.2, 0.25) is 0 Å². The van der Waals surface area contributed by atoms with Crippen LogP contribution in [0.25, 0.3) is 0 Å². The van der Waals surface area contributed by atoms with Crippen molar-refractivity contribution in [3.8, 4) is 0 Å². The molecule has 0 bridgehead atoms. The van der Waals surface area contributed by atoms with Gasteiger partial charge in [0.2, 0.25) is 0 Å². The first-order chi connectivity index (χ1) is 9.76. The second-order valence-electron chi connectivity index (χ2n) is 6.30. The van der Waals surface area contributed by atoms with Crippen molar-refractivity contribution in [3.05, 3.63) is 33.4 Å². The Bertz CT molecular complexity index is 607. The molecule has 0 unspecified atom stereocenters. The van der Waals surface area contributed by atoms with E-state index in [0.717, 1.165) is 35.0 Å². The summed E-state index contributed by atoms with van der Waals surface area (Å²) in [5, 5.41) is 9.10. The van der Waals surface area contributed by atoms with Crippen LogP contribution >= 0.6 is 22.6 Å². The van der Waals surface area contributed by atoms with Gasteiger partial charge in [-0.25, -0.2) is 0 Å². The molecule has 2 aromatic rings. The van der Waals surface area contributed by atoms with E-state index in [1.165, 1.54) is 36.8 Å². The lowest BCUT2D eigenvalue weighted by atomic mass is 10.2. The van der Waals surface area contributed by atoms with Crippen LogP contribution in [0.15, 0.2) is 18.6 Å². The first-order valence-corrected chi connectivity index (χ1v) is 8.57. The van der Waals surface area contributed by atoms with E-state index >= 15 is 0 Å². The zero-order chi connectivity index (χ0) is 13.5. The maximum absolute atomic E-state index is 4.63. The number of rotatable bonds is 6. The van der Waals surface area contributed by atoms with Crippen molar-refractivity contribution in [3.63, 3.8) is 0 Å². The number of hydrogen-bond acceptors (Lipinski definition) is 2. The largest absolute Gasteiger partial charge is 0.272 e. The highest BCUT2D eigenvalue weighted by Gasteiger charge is 2.23. The summed E-state index contributed by atoms with van der Waals surface area (Å²) in [6, 6.07) is 0. The van der Waals surface area contributed by atoms with E-state index in [4.69, 9.17) is 0 Å². The molecule has 0 atom stereocenters. The van der Waals surface area contributed by atoms with Crippen LogP contribution in [0.3, 0.4) is 0 Å². The maximum Gasteiger partial charge on any atom is 0.126 e. The monoisotopic (exact) mass is 382 g/mol. The highest BCUT2D eigenvalue weighted by Crippen LogP contribution is 2.31. The summed E-state index contributed by atoms with van der Waals surface area (Å²) in [4.78, 5) is 0. The van der Waals surface area contributed by atoms with Crippen LogP contribution in [0.1, 0.15) is 36.8 Å². The number of hydrogen-bond donors (Lipinski definition) is 0. The molecular weight excluding hydrogens is 363 g/mol. The molecule has 4 nitrogen and oxygen atoms in total. The van der Waals surface area contributed by atoms with Gasteiger partial charge >= 0.3 is 0 Å². The summed E-state index contributed by atoms with van der Waals surface area (Å²) in [6.45, 7) is 2.19. The van der Waals surface area contributed by atoms with Gasteiger partial charge in [-0.3, -0.25) is 9.36 Å². The van der Waals surface area contributed by atoms with Crippen LogP contribution in [0.4, 0.5) is 0 Å².